The number of imidazole rings is 1. The molecular formula is C23H22BrN5O3. The molecule has 1 amide bonds. The molecule has 0 aliphatic rings. The minimum Gasteiger partial charge on any atom is -0.496 e. The quantitative estimate of drug-likeness (QED) is 0.425. The largest absolute Gasteiger partial charge is 0.496 e. The number of benzene rings is 2. The van der Waals surface area contributed by atoms with E-state index in [0.717, 1.165) is 10.0 Å². The van der Waals surface area contributed by atoms with E-state index in [9.17, 15) is 9.59 Å². The summed E-state index contributed by atoms with van der Waals surface area (Å²) in [5, 5.41) is 3.54. The van der Waals surface area contributed by atoms with E-state index in [1.807, 2.05) is 48.1 Å². The first-order valence-corrected chi connectivity index (χ1v) is 10.8. The van der Waals surface area contributed by atoms with Crippen LogP contribution < -0.4 is 15.6 Å². The molecule has 0 fully saturated rings. The van der Waals surface area contributed by atoms with Gasteiger partial charge in [-0.15, -0.1) is 0 Å². The maximum Gasteiger partial charge on any atom is 0.261 e. The minimum atomic E-state index is -0.499. The number of carbonyl (C=O) groups is 1. The Morgan fingerprint density at radius 3 is 2.78 bits per heavy atom. The van der Waals surface area contributed by atoms with Crippen LogP contribution in [0, 0.1) is 0 Å². The second-order valence-electron chi connectivity index (χ2n) is 7.29. The molecule has 164 valence electrons. The Morgan fingerprint density at radius 2 is 2.03 bits per heavy atom. The number of hydrogen-bond acceptors (Lipinski definition) is 5. The van der Waals surface area contributed by atoms with Gasteiger partial charge in [0.25, 0.3) is 5.56 Å². The maximum atomic E-state index is 12.9. The van der Waals surface area contributed by atoms with E-state index in [-0.39, 0.29) is 24.4 Å². The predicted molar refractivity (Wildman–Crippen MR) is 125 cm³/mol. The normalized spacial score (nSPS) is 12.0. The third-order valence-corrected chi connectivity index (χ3v) is 5.73. The number of methoxy groups -OCH3 is 1. The van der Waals surface area contributed by atoms with Gasteiger partial charge in [-0.3, -0.25) is 14.2 Å². The molecule has 0 radical (unpaired) electrons. The number of ether oxygens (including phenoxy) is 1. The standard InChI is InChI=1S/C23H22BrN5O3/c1-28-12-10-25-22(28)21(16-5-3-4-6-19(16)32-2)27-20(30)9-11-29-14-26-18-8-7-15(24)13-17(18)23(29)31/h3-8,10,12-14,21H,9,11H2,1-2H3,(H,27,30). The van der Waals surface area contributed by atoms with Gasteiger partial charge in [0.2, 0.25) is 5.91 Å². The van der Waals surface area contributed by atoms with Crippen molar-refractivity contribution in [2.24, 2.45) is 7.05 Å². The minimum absolute atomic E-state index is 0.108. The average molecular weight is 496 g/mol. The van der Waals surface area contributed by atoms with Crippen molar-refractivity contribution in [2.75, 3.05) is 7.11 Å². The van der Waals surface area contributed by atoms with E-state index in [1.54, 1.807) is 25.4 Å². The lowest BCUT2D eigenvalue weighted by Crippen LogP contribution is -2.33. The highest BCUT2D eigenvalue weighted by atomic mass is 79.9. The predicted octanol–water partition coefficient (Wildman–Crippen LogP) is 3.20. The number of fused-ring (bicyclic) bond motifs is 1. The van der Waals surface area contributed by atoms with Gasteiger partial charge < -0.3 is 14.6 Å². The molecule has 2 aromatic carbocycles. The molecule has 1 N–H and O–H groups in total. The summed E-state index contributed by atoms with van der Waals surface area (Å²) in [6, 6.07) is 12.4. The molecule has 0 bridgehead atoms. The zero-order valence-electron chi connectivity index (χ0n) is 17.7. The summed E-state index contributed by atoms with van der Waals surface area (Å²) < 4.78 is 9.60. The summed E-state index contributed by atoms with van der Waals surface area (Å²) in [6.07, 6.45) is 5.09. The number of amides is 1. The number of para-hydroxylation sites is 1. The van der Waals surface area contributed by atoms with Crippen LogP contribution in [0.25, 0.3) is 10.9 Å². The van der Waals surface area contributed by atoms with Crippen LogP contribution in [0.2, 0.25) is 0 Å². The van der Waals surface area contributed by atoms with Crippen LogP contribution in [-0.4, -0.2) is 32.1 Å². The summed E-state index contributed by atoms with van der Waals surface area (Å²) in [4.78, 5) is 34.4. The van der Waals surface area contributed by atoms with E-state index in [1.165, 1.54) is 10.9 Å². The zero-order valence-corrected chi connectivity index (χ0v) is 19.2. The Balaban J connectivity index is 1.56. The molecule has 9 heteroatoms. The van der Waals surface area contributed by atoms with Crippen LogP contribution in [-0.2, 0) is 18.4 Å². The van der Waals surface area contributed by atoms with Crippen molar-refractivity contribution in [3.63, 3.8) is 0 Å². The molecule has 0 aliphatic heterocycles. The highest BCUT2D eigenvalue weighted by Crippen LogP contribution is 2.29. The average Bonchev–Trinajstić information content (AvgIpc) is 3.23. The molecular weight excluding hydrogens is 474 g/mol. The fourth-order valence-electron chi connectivity index (χ4n) is 3.59. The smallest absolute Gasteiger partial charge is 0.261 e. The molecule has 8 nitrogen and oxygen atoms in total. The Labute approximate surface area is 193 Å². The molecule has 4 aromatic rings. The SMILES string of the molecule is COc1ccccc1C(NC(=O)CCn1cnc2ccc(Br)cc2c1=O)c1nccn1C. The van der Waals surface area contributed by atoms with Crippen LogP contribution in [0.4, 0.5) is 0 Å². The Kier molecular flexibility index (Phi) is 6.36. The third kappa shape index (κ3) is 4.43. The van der Waals surface area contributed by atoms with Gasteiger partial charge in [0.15, 0.2) is 0 Å². The lowest BCUT2D eigenvalue weighted by atomic mass is 10.0. The van der Waals surface area contributed by atoms with Crippen molar-refractivity contribution in [1.29, 1.82) is 0 Å². The van der Waals surface area contributed by atoms with Gasteiger partial charge in [0, 0.05) is 42.4 Å². The number of aromatic nitrogens is 4. The van der Waals surface area contributed by atoms with Crippen molar-refractivity contribution in [2.45, 2.75) is 19.0 Å². The number of halogens is 1. The summed E-state index contributed by atoms with van der Waals surface area (Å²) in [5.41, 5.74) is 1.23. The molecule has 0 aliphatic carbocycles. The van der Waals surface area contributed by atoms with Crippen molar-refractivity contribution in [3.8, 4) is 5.75 Å². The molecule has 32 heavy (non-hydrogen) atoms. The lowest BCUT2D eigenvalue weighted by molar-refractivity contribution is -0.121. The fraction of sp³-hybridized carbons (Fsp3) is 0.217. The van der Waals surface area contributed by atoms with Crippen LogP contribution >= 0.6 is 15.9 Å². The molecule has 2 heterocycles. The molecule has 0 saturated heterocycles. The molecule has 2 aromatic heterocycles. The highest BCUT2D eigenvalue weighted by molar-refractivity contribution is 9.10. The highest BCUT2D eigenvalue weighted by Gasteiger charge is 2.23. The summed E-state index contributed by atoms with van der Waals surface area (Å²) in [5.74, 6) is 1.11. The molecule has 0 saturated carbocycles. The van der Waals surface area contributed by atoms with E-state index in [2.05, 4.69) is 31.2 Å². The van der Waals surface area contributed by atoms with Crippen molar-refractivity contribution >= 4 is 32.7 Å². The zero-order chi connectivity index (χ0) is 22.7. The van der Waals surface area contributed by atoms with Crippen LogP contribution in [0.1, 0.15) is 23.9 Å². The Morgan fingerprint density at radius 1 is 1.22 bits per heavy atom. The van der Waals surface area contributed by atoms with Gasteiger partial charge in [-0.1, -0.05) is 34.1 Å². The van der Waals surface area contributed by atoms with Crippen LogP contribution in [0.3, 0.4) is 0 Å². The maximum absolute atomic E-state index is 12.9. The number of hydrogen-bond donors (Lipinski definition) is 1. The van der Waals surface area contributed by atoms with E-state index in [0.29, 0.717) is 22.5 Å². The number of carbonyl (C=O) groups excluding carboxylic acids is 1. The third-order valence-electron chi connectivity index (χ3n) is 5.24. The summed E-state index contributed by atoms with van der Waals surface area (Å²) >= 11 is 3.38. The fourth-order valence-corrected chi connectivity index (χ4v) is 3.95. The second kappa shape index (κ2) is 9.35. The first kappa shape index (κ1) is 21.8. The van der Waals surface area contributed by atoms with Crippen LogP contribution in [0.5, 0.6) is 5.75 Å². The van der Waals surface area contributed by atoms with Crippen molar-refractivity contribution in [3.05, 3.63) is 87.4 Å². The van der Waals surface area contributed by atoms with E-state index in [4.69, 9.17) is 4.74 Å². The van der Waals surface area contributed by atoms with Crippen molar-refractivity contribution in [1.82, 2.24) is 24.4 Å². The monoisotopic (exact) mass is 495 g/mol. The number of nitrogens with one attached hydrogen (secondary N) is 1. The van der Waals surface area contributed by atoms with Gasteiger partial charge in [-0.25, -0.2) is 9.97 Å². The van der Waals surface area contributed by atoms with Gasteiger partial charge in [-0.05, 0) is 24.3 Å². The number of nitrogens with zero attached hydrogens (tertiary/aromatic N) is 4. The molecule has 0 spiro atoms. The number of rotatable bonds is 7. The van der Waals surface area contributed by atoms with Crippen LogP contribution in [0.15, 0.2) is 70.5 Å². The van der Waals surface area contributed by atoms with Gasteiger partial charge >= 0.3 is 0 Å². The summed E-state index contributed by atoms with van der Waals surface area (Å²) in [7, 11) is 3.46. The first-order chi connectivity index (χ1) is 15.5. The lowest BCUT2D eigenvalue weighted by Gasteiger charge is -2.21. The molecule has 4 rings (SSSR count). The summed E-state index contributed by atoms with van der Waals surface area (Å²) in [6.45, 7) is 0.208. The first-order valence-electron chi connectivity index (χ1n) is 10.0. The number of aryl methyl sites for hydroxylation is 2. The molecule has 1 atom stereocenters. The molecule has 1 unspecified atom stereocenters. The van der Waals surface area contributed by atoms with Gasteiger partial charge in [0.1, 0.15) is 17.6 Å². The van der Waals surface area contributed by atoms with Crippen molar-refractivity contribution < 1.29 is 9.53 Å². The van der Waals surface area contributed by atoms with Gasteiger partial charge in [0.05, 0.1) is 24.3 Å². The topological polar surface area (TPSA) is 91.0 Å². The van der Waals surface area contributed by atoms with E-state index < -0.39 is 6.04 Å². The second-order valence-corrected chi connectivity index (χ2v) is 8.21. The Hall–Kier alpha value is -3.46. The van der Waals surface area contributed by atoms with E-state index >= 15 is 0 Å². The Bertz CT molecular complexity index is 1330. The van der Waals surface area contributed by atoms with Gasteiger partial charge in [-0.2, -0.15) is 0 Å².